The lowest BCUT2D eigenvalue weighted by atomic mass is 10.1. The molecule has 1 fully saturated rings. The van der Waals surface area contributed by atoms with E-state index in [1.165, 1.54) is 0 Å². The number of ether oxygens (including phenoxy) is 1. The number of carbonyl (C=O) groups excluding carboxylic acids is 1. The van der Waals surface area contributed by atoms with Gasteiger partial charge in [0.15, 0.2) is 6.54 Å². The Morgan fingerprint density at radius 1 is 1.30 bits per heavy atom. The van der Waals surface area contributed by atoms with Gasteiger partial charge in [0.1, 0.15) is 17.6 Å². The molecule has 2 heterocycles. The Labute approximate surface area is 178 Å². The van der Waals surface area contributed by atoms with Crippen LogP contribution in [0.3, 0.4) is 0 Å². The zero-order valence-electron chi connectivity index (χ0n) is 18.0. The van der Waals surface area contributed by atoms with E-state index in [-0.39, 0.29) is 11.9 Å². The van der Waals surface area contributed by atoms with Crippen molar-refractivity contribution in [2.75, 3.05) is 52.7 Å². The second kappa shape index (κ2) is 9.59. The summed E-state index contributed by atoms with van der Waals surface area (Å²) in [6, 6.07) is 15.7. The zero-order chi connectivity index (χ0) is 21.6. The van der Waals surface area contributed by atoms with Crippen LogP contribution in [0.4, 0.5) is 5.82 Å². The molecule has 1 aliphatic rings. The molecule has 1 atom stereocenters. The monoisotopic (exact) mass is 408 g/mol. The molecule has 2 aromatic rings. The highest BCUT2D eigenvalue weighted by Gasteiger charge is 2.32. The first-order valence-corrected chi connectivity index (χ1v) is 10.3. The number of hydrogen-bond acceptors (Lipinski definition) is 5. The van der Waals surface area contributed by atoms with Crippen molar-refractivity contribution < 1.29 is 14.0 Å². The molecule has 1 aromatic carbocycles. The molecule has 30 heavy (non-hydrogen) atoms. The molecule has 158 valence electrons. The van der Waals surface area contributed by atoms with Gasteiger partial charge in [-0.2, -0.15) is 5.26 Å². The van der Waals surface area contributed by atoms with Gasteiger partial charge in [-0.1, -0.05) is 6.07 Å². The van der Waals surface area contributed by atoms with Crippen molar-refractivity contribution in [3.63, 3.8) is 0 Å². The van der Waals surface area contributed by atoms with Crippen molar-refractivity contribution in [2.45, 2.75) is 18.9 Å². The van der Waals surface area contributed by atoms with E-state index in [9.17, 15) is 10.1 Å². The van der Waals surface area contributed by atoms with Crippen molar-refractivity contribution in [1.82, 2.24) is 9.88 Å². The topological polar surface area (TPSA) is 78.2 Å². The first kappa shape index (κ1) is 21.6. The van der Waals surface area contributed by atoms with Crippen LogP contribution in [0.15, 0.2) is 42.5 Å². The number of methoxy groups -OCH3 is 1. The number of quaternary nitrogens is 1. The predicted octanol–water partition coefficient (Wildman–Crippen LogP) is 2.76. The maximum Gasteiger partial charge on any atom is 0.278 e. The fourth-order valence-electron chi connectivity index (χ4n) is 3.68. The third-order valence-electron chi connectivity index (χ3n) is 5.44. The van der Waals surface area contributed by atoms with Crippen molar-refractivity contribution in [2.24, 2.45) is 0 Å². The number of rotatable bonds is 8. The first-order chi connectivity index (χ1) is 14.4. The standard InChI is InChI=1S/C23H30N5O2/c1-28(2,17-23(29)27-14-5-6-19(27)16-24)15-13-25-22-8-4-7-21(26-22)18-9-11-20(30-3)12-10-18/h4,7-12,19H,5-6,13-15,17H2,1-3H3,(H,25,26)/q+1/t19-/m0/s1. The van der Waals surface area contributed by atoms with Crippen molar-refractivity contribution >= 4 is 11.7 Å². The fraction of sp³-hybridized carbons (Fsp3) is 0.435. The lowest BCUT2D eigenvalue weighted by Crippen LogP contribution is -2.51. The molecule has 1 saturated heterocycles. The van der Waals surface area contributed by atoms with Gasteiger partial charge >= 0.3 is 0 Å². The van der Waals surface area contributed by atoms with E-state index in [1.807, 2.05) is 56.6 Å². The Morgan fingerprint density at radius 3 is 2.77 bits per heavy atom. The Hall–Kier alpha value is -3.11. The van der Waals surface area contributed by atoms with E-state index in [0.717, 1.165) is 42.2 Å². The van der Waals surface area contributed by atoms with Gasteiger partial charge in [0.25, 0.3) is 5.91 Å². The Bertz CT molecular complexity index is 905. The molecule has 3 rings (SSSR count). The number of likely N-dealkylation sites (tertiary alicyclic amines) is 1. The smallest absolute Gasteiger partial charge is 0.278 e. The number of aromatic nitrogens is 1. The second-order valence-electron chi connectivity index (χ2n) is 8.26. The molecule has 1 aromatic heterocycles. The van der Waals surface area contributed by atoms with Gasteiger partial charge in [-0.15, -0.1) is 0 Å². The highest BCUT2D eigenvalue weighted by molar-refractivity contribution is 5.78. The molecular formula is C23H30N5O2+. The third kappa shape index (κ3) is 5.49. The molecule has 1 aliphatic heterocycles. The summed E-state index contributed by atoms with van der Waals surface area (Å²) in [5.41, 5.74) is 1.92. The zero-order valence-corrected chi connectivity index (χ0v) is 18.0. The molecule has 0 saturated carbocycles. The molecule has 0 bridgehead atoms. The normalized spacial score (nSPS) is 16.2. The number of nitrogens with one attached hydrogen (secondary N) is 1. The molecule has 0 spiro atoms. The van der Waals surface area contributed by atoms with Gasteiger partial charge in [0.2, 0.25) is 0 Å². The van der Waals surface area contributed by atoms with E-state index in [0.29, 0.717) is 24.1 Å². The van der Waals surface area contributed by atoms with Gasteiger partial charge in [-0.05, 0) is 49.2 Å². The first-order valence-electron chi connectivity index (χ1n) is 10.3. The van der Waals surface area contributed by atoms with Crippen LogP contribution in [0.2, 0.25) is 0 Å². The van der Waals surface area contributed by atoms with Crippen LogP contribution in [0.5, 0.6) is 5.75 Å². The molecule has 0 unspecified atom stereocenters. The van der Waals surface area contributed by atoms with Crippen molar-refractivity contribution in [3.05, 3.63) is 42.5 Å². The lowest BCUT2D eigenvalue weighted by molar-refractivity contribution is -0.881. The number of nitrogens with zero attached hydrogens (tertiary/aromatic N) is 4. The second-order valence-corrected chi connectivity index (χ2v) is 8.26. The average Bonchev–Trinajstić information content (AvgIpc) is 3.23. The third-order valence-corrected chi connectivity index (χ3v) is 5.44. The number of pyridine rings is 1. The van der Waals surface area contributed by atoms with E-state index in [4.69, 9.17) is 9.72 Å². The average molecular weight is 409 g/mol. The minimum atomic E-state index is -0.263. The quantitative estimate of drug-likeness (QED) is 0.680. The molecule has 7 nitrogen and oxygen atoms in total. The maximum absolute atomic E-state index is 12.6. The summed E-state index contributed by atoms with van der Waals surface area (Å²) in [5, 5.41) is 12.6. The van der Waals surface area contributed by atoms with Gasteiger partial charge in [0.05, 0.1) is 46.1 Å². The fourth-order valence-corrected chi connectivity index (χ4v) is 3.68. The summed E-state index contributed by atoms with van der Waals surface area (Å²) >= 11 is 0. The minimum absolute atomic E-state index is 0.0590. The summed E-state index contributed by atoms with van der Waals surface area (Å²) in [6.07, 6.45) is 1.70. The molecule has 0 aliphatic carbocycles. The molecule has 7 heteroatoms. The highest BCUT2D eigenvalue weighted by Crippen LogP contribution is 2.22. The van der Waals surface area contributed by atoms with Crippen LogP contribution in [0.1, 0.15) is 12.8 Å². The van der Waals surface area contributed by atoms with Gasteiger partial charge in [-0.25, -0.2) is 4.98 Å². The molecular weight excluding hydrogens is 378 g/mol. The van der Waals surface area contributed by atoms with E-state index >= 15 is 0 Å². The largest absolute Gasteiger partial charge is 0.497 e. The van der Waals surface area contributed by atoms with Crippen LogP contribution in [-0.2, 0) is 4.79 Å². The van der Waals surface area contributed by atoms with Crippen molar-refractivity contribution in [3.8, 4) is 23.1 Å². The minimum Gasteiger partial charge on any atom is -0.497 e. The van der Waals surface area contributed by atoms with E-state index in [2.05, 4.69) is 11.4 Å². The van der Waals surface area contributed by atoms with Gasteiger partial charge in [-0.3, -0.25) is 4.79 Å². The number of amides is 1. The summed E-state index contributed by atoms with van der Waals surface area (Å²) in [4.78, 5) is 19.1. The Morgan fingerprint density at radius 2 is 2.07 bits per heavy atom. The lowest BCUT2D eigenvalue weighted by Gasteiger charge is -2.31. The number of likely N-dealkylation sites (N-methyl/N-ethyl adjacent to an activating group) is 1. The van der Waals surface area contributed by atoms with Gasteiger partial charge < -0.3 is 19.4 Å². The summed E-state index contributed by atoms with van der Waals surface area (Å²) in [6.45, 7) is 2.54. The Balaban J connectivity index is 1.54. The van der Waals surface area contributed by atoms with Crippen LogP contribution in [0, 0.1) is 11.3 Å². The highest BCUT2D eigenvalue weighted by atomic mass is 16.5. The molecule has 0 radical (unpaired) electrons. The maximum atomic E-state index is 12.6. The molecule has 1 N–H and O–H groups in total. The number of benzene rings is 1. The summed E-state index contributed by atoms with van der Waals surface area (Å²) in [7, 11) is 5.73. The number of carbonyl (C=O) groups is 1. The van der Waals surface area contributed by atoms with Crippen LogP contribution >= 0.6 is 0 Å². The number of anilines is 1. The van der Waals surface area contributed by atoms with Crippen LogP contribution in [0.25, 0.3) is 11.3 Å². The number of nitriles is 1. The van der Waals surface area contributed by atoms with Crippen LogP contribution < -0.4 is 10.1 Å². The Kier molecular flexibility index (Phi) is 6.91. The van der Waals surface area contributed by atoms with E-state index in [1.54, 1.807) is 12.0 Å². The number of hydrogen-bond donors (Lipinski definition) is 1. The van der Waals surface area contributed by atoms with Gasteiger partial charge in [0, 0.05) is 12.1 Å². The van der Waals surface area contributed by atoms with E-state index < -0.39 is 0 Å². The van der Waals surface area contributed by atoms with Crippen LogP contribution in [-0.4, -0.2) is 73.7 Å². The van der Waals surface area contributed by atoms with Crippen molar-refractivity contribution in [1.29, 1.82) is 5.26 Å². The SMILES string of the molecule is COc1ccc(-c2cccc(NCC[N+](C)(C)CC(=O)N3CCC[C@H]3C#N)n2)cc1. The molecule has 1 amide bonds. The summed E-state index contributed by atoms with van der Waals surface area (Å²) in [5.74, 6) is 1.68. The summed E-state index contributed by atoms with van der Waals surface area (Å²) < 4.78 is 5.76. The predicted molar refractivity (Wildman–Crippen MR) is 117 cm³/mol.